The van der Waals surface area contributed by atoms with Crippen LogP contribution in [0.5, 0.6) is 0 Å². The molecule has 210 valence electrons. The van der Waals surface area contributed by atoms with E-state index in [4.69, 9.17) is 0 Å². The van der Waals surface area contributed by atoms with Gasteiger partial charge in [0.15, 0.2) is 5.78 Å². The maximum Gasteiger partial charge on any atom is 0.417 e. The number of halogens is 6. The van der Waals surface area contributed by atoms with Crippen molar-refractivity contribution in [3.05, 3.63) is 99.1 Å². The zero-order valence-electron chi connectivity index (χ0n) is 20.6. The fourth-order valence-corrected chi connectivity index (χ4v) is 6.53. The standard InChI is InChI=1S/C28H20F6O5S/c1-14-5-2-10-19-22(14)40-13-26(23(19)35,11-15-6-3-8-17(24(36)37)20(15)27(29,30)31)12-16-7-4-9-18(25(38)39)21(16)28(32,33)34/h2-10H,11-13H2,1H3,(H,36,37)(H,38,39). The fraction of sp³-hybridized carbons (Fsp3) is 0.250. The number of fused-ring (bicyclic) bond motifs is 1. The van der Waals surface area contributed by atoms with Crippen LogP contribution in [0.2, 0.25) is 0 Å². The summed E-state index contributed by atoms with van der Waals surface area (Å²) >= 11 is 1.10. The fourth-order valence-electron chi connectivity index (χ4n) is 5.16. The zero-order chi connectivity index (χ0) is 29.6. The second-order valence-corrected chi connectivity index (χ2v) is 10.5. The van der Waals surface area contributed by atoms with Crippen LogP contribution in [0.3, 0.4) is 0 Å². The molecule has 0 atom stereocenters. The highest BCUT2D eigenvalue weighted by Gasteiger charge is 2.48. The molecule has 0 unspecified atom stereocenters. The van der Waals surface area contributed by atoms with Gasteiger partial charge in [0.05, 0.1) is 27.7 Å². The van der Waals surface area contributed by atoms with Crippen LogP contribution < -0.4 is 0 Å². The molecule has 0 bridgehead atoms. The van der Waals surface area contributed by atoms with Gasteiger partial charge in [0.1, 0.15) is 0 Å². The summed E-state index contributed by atoms with van der Waals surface area (Å²) in [5.41, 5.74) is -7.35. The second kappa shape index (κ2) is 10.3. The number of ketones is 1. The highest BCUT2D eigenvalue weighted by Crippen LogP contribution is 2.48. The predicted molar refractivity (Wildman–Crippen MR) is 133 cm³/mol. The third kappa shape index (κ3) is 5.32. The molecule has 1 aliphatic heterocycles. The molecular formula is C28H20F6O5S. The quantitative estimate of drug-likeness (QED) is 0.299. The Morgan fingerprint density at radius 2 is 1.25 bits per heavy atom. The Hall–Kier alpha value is -3.80. The van der Waals surface area contributed by atoms with Crippen LogP contribution in [0.4, 0.5) is 26.3 Å². The maximum absolute atomic E-state index is 14.2. The number of aromatic carboxylic acids is 2. The van der Waals surface area contributed by atoms with Gasteiger partial charge in [-0.05, 0) is 48.6 Å². The Bertz CT molecular complexity index is 1450. The molecule has 3 aromatic rings. The average Bonchev–Trinajstić information content (AvgIpc) is 2.85. The monoisotopic (exact) mass is 582 g/mol. The van der Waals surface area contributed by atoms with Crippen molar-refractivity contribution in [1.82, 2.24) is 0 Å². The minimum absolute atomic E-state index is 0.113. The molecule has 0 amide bonds. The molecule has 0 aromatic heterocycles. The molecule has 2 N–H and O–H groups in total. The van der Waals surface area contributed by atoms with Gasteiger partial charge < -0.3 is 10.2 Å². The van der Waals surface area contributed by atoms with Gasteiger partial charge in [-0.2, -0.15) is 26.3 Å². The van der Waals surface area contributed by atoms with E-state index in [9.17, 15) is 50.9 Å². The number of thioether (sulfide) groups is 1. The van der Waals surface area contributed by atoms with Crippen LogP contribution in [-0.2, 0) is 25.2 Å². The molecule has 1 heterocycles. The lowest BCUT2D eigenvalue weighted by Crippen LogP contribution is -2.42. The van der Waals surface area contributed by atoms with Gasteiger partial charge in [-0.1, -0.05) is 42.5 Å². The van der Waals surface area contributed by atoms with Gasteiger partial charge >= 0.3 is 24.3 Å². The molecule has 0 spiro atoms. The first-order valence-electron chi connectivity index (χ1n) is 11.7. The van der Waals surface area contributed by atoms with E-state index in [1.54, 1.807) is 19.1 Å². The summed E-state index contributed by atoms with van der Waals surface area (Å²) in [6.07, 6.45) is -11.8. The molecule has 0 saturated carbocycles. The van der Waals surface area contributed by atoms with Crippen molar-refractivity contribution in [2.45, 2.75) is 37.0 Å². The van der Waals surface area contributed by atoms with E-state index in [-0.39, 0.29) is 11.3 Å². The molecule has 0 saturated heterocycles. The van der Waals surface area contributed by atoms with Crippen LogP contribution in [0, 0.1) is 12.3 Å². The van der Waals surface area contributed by atoms with Crippen molar-refractivity contribution in [3.8, 4) is 0 Å². The number of carbonyl (C=O) groups is 3. The maximum atomic E-state index is 14.2. The van der Waals surface area contributed by atoms with E-state index in [2.05, 4.69) is 0 Å². The van der Waals surface area contributed by atoms with Gasteiger partial charge in [0.25, 0.3) is 0 Å². The number of aryl methyl sites for hydroxylation is 1. The number of Topliss-reactive ketones (excluding diaryl/α,β-unsaturated/α-hetero) is 1. The Labute approximate surface area is 227 Å². The summed E-state index contributed by atoms with van der Waals surface area (Å²) < 4.78 is 85.0. The summed E-state index contributed by atoms with van der Waals surface area (Å²) in [5, 5.41) is 18.9. The molecule has 1 aliphatic rings. The Balaban J connectivity index is 1.98. The molecule has 4 rings (SSSR count). The van der Waals surface area contributed by atoms with E-state index in [0.29, 0.717) is 10.5 Å². The van der Waals surface area contributed by atoms with Crippen molar-refractivity contribution in [1.29, 1.82) is 0 Å². The summed E-state index contributed by atoms with van der Waals surface area (Å²) in [6, 6.07) is 10.4. The Morgan fingerprint density at radius 1 is 0.800 bits per heavy atom. The van der Waals surface area contributed by atoms with Crippen LogP contribution >= 0.6 is 11.8 Å². The third-order valence-corrected chi connectivity index (χ3v) is 8.35. The SMILES string of the molecule is Cc1cccc2c1SCC(Cc1cccc(C(=O)O)c1C(F)(F)F)(Cc1cccc(C(=O)O)c1C(F)(F)F)C2=O. The number of carboxylic acids is 2. The number of alkyl halides is 6. The van der Waals surface area contributed by atoms with Gasteiger partial charge in [0.2, 0.25) is 0 Å². The largest absolute Gasteiger partial charge is 0.478 e. The first-order chi connectivity index (χ1) is 18.6. The summed E-state index contributed by atoms with van der Waals surface area (Å²) in [6.45, 7) is 1.71. The highest BCUT2D eigenvalue weighted by molar-refractivity contribution is 7.99. The van der Waals surface area contributed by atoms with E-state index < -0.39 is 81.7 Å². The minimum Gasteiger partial charge on any atom is -0.478 e. The normalized spacial score (nSPS) is 15.0. The zero-order valence-corrected chi connectivity index (χ0v) is 21.4. The molecule has 0 radical (unpaired) electrons. The molecule has 5 nitrogen and oxygen atoms in total. The molecule has 0 fully saturated rings. The van der Waals surface area contributed by atoms with Crippen LogP contribution in [0.15, 0.2) is 59.5 Å². The Kier molecular flexibility index (Phi) is 7.52. The number of benzene rings is 3. The topological polar surface area (TPSA) is 91.7 Å². The van der Waals surface area contributed by atoms with Crippen molar-refractivity contribution in [3.63, 3.8) is 0 Å². The summed E-state index contributed by atoms with van der Waals surface area (Å²) in [5.74, 6) is -4.66. The number of hydrogen-bond acceptors (Lipinski definition) is 4. The highest BCUT2D eigenvalue weighted by atomic mass is 32.2. The van der Waals surface area contributed by atoms with Gasteiger partial charge in [-0.25, -0.2) is 9.59 Å². The van der Waals surface area contributed by atoms with Gasteiger partial charge in [-0.3, -0.25) is 4.79 Å². The van der Waals surface area contributed by atoms with Crippen LogP contribution in [-0.4, -0.2) is 33.7 Å². The average molecular weight is 583 g/mol. The first kappa shape index (κ1) is 29.2. The first-order valence-corrected chi connectivity index (χ1v) is 12.7. The smallest absolute Gasteiger partial charge is 0.417 e. The third-order valence-electron chi connectivity index (χ3n) is 6.82. The van der Waals surface area contributed by atoms with E-state index >= 15 is 0 Å². The summed E-state index contributed by atoms with van der Waals surface area (Å²) in [4.78, 5) is 37.9. The number of hydrogen-bond donors (Lipinski definition) is 2. The van der Waals surface area contributed by atoms with E-state index in [1.165, 1.54) is 6.07 Å². The molecule has 3 aromatic carbocycles. The number of rotatable bonds is 6. The summed E-state index contributed by atoms with van der Waals surface area (Å²) in [7, 11) is 0. The lowest BCUT2D eigenvalue weighted by molar-refractivity contribution is -0.139. The van der Waals surface area contributed by atoms with E-state index in [0.717, 1.165) is 48.2 Å². The molecular weight excluding hydrogens is 562 g/mol. The minimum atomic E-state index is -5.15. The van der Waals surface area contributed by atoms with Crippen molar-refractivity contribution < 1.29 is 50.9 Å². The number of carboxylic acid groups (broad SMARTS) is 2. The van der Waals surface area contributed by atoms with Gasteiger partial charge in [0, 0.05) is 16.2 Å². The molecule has 12 heteroatoms. The lowest BCUT2D eigenvalue weighted by Gasteiger charge is -2.38. The van der Waals surface area contributed by atoms with E-state index in [1.807, 2.05) is 0 Å². The molecule has 40 heavy (non-hydrogen) atoms. The van der Waals surface area contributed by atoms with Crippen molar-refractivity contribution in [2.75, 3.05) is 5.75 Å². The second-order valence-electron chi connectivity index (χ2n) is 9.49. The predicted octanol–water partition coefficient (Wildman–Crippen LogP) is 7.19. The number of carbonyl (C=O) groups excluding carboxylic acids is 1. The van der Waals surface area contributed by atoms with Crippen molar-refractivity contribution >= 4 is 29.5 Å². The van der Waals surface area contributed by atoms with Crippen molar-refractivity contribution in [2.24, 2.45) is 5.41 Å². The van der Waals surface area contributed by atoms with Crippen LogP contribution in [0.25, 0.3) is 0 Å². The Morgan fingerprint density at radius 3 is 1.68 bits per heavy atom. The molecule has 0 aliphatic carbocycles. The van der Waals surface area contributed by atoms with Crippen LogP contribution in [0.1, 0.15) is 58.9 Å². The van der Waals surface area contributed by atoms with Gasteiger partial charge in [-0.15, -0.1) is 11.8 Å². The lowest BCUT2D eigenvalue weighted by atomic mass is 9.70.